The maximum Gasteiger partial charge on any atom is 0.137 e. The lowest BCUT2D eigenvalue weighted by Gasteiger charge is -2.39. The highest BCUT2D eigenvalue weighted by atomic mass is 16.1. The second kappa shape index (κ2) is 5.32. The molecule has 18 heavy (non-hydrogen) atoms. The van der Waals surface area contributed by atoms with Gasteiger partial charge in [-0.25, -0.2) is 0 Å². The number of rotatable bonds is 2. The largest absolute Gasteiger partial charge is 0.299 e. The number of Topliss-reactive ketones (excluding diaryl/α,β-unsaturated/α-hetero) is 1. The van der Waals surface area contributed by atoms with Crippen molar-refractivity contribution in [1.29, 1.82) is 0 Å². The van der Waals surface area contributed by atoms with Crippen molar-refractivity contribution in [2.24, 2.45) is 11.8 Å². The predicted octanol–water partition coefficient (Wildman–Crippen LogP) is 3.40. The monoisotopic (exact) mass is 249 g/mol. The van der Waals surface area contributed by atoms with Crippen LogP contribution in [0.25, 0.3) is 0 Å². The van der Waals surface area contributed by atoms with E-state index in [0.717, 1.165) is 24.8 Å². The van der Waals surface area contributed by atoms with E-state index in [-0.39, 0.29) is 0 Å². The molecular weight excluding hydrogens is 222 g/mol. The third-order valence-electron chi connectivity index (χ3n) is 5.54. The van der Waals surface area contributed by atoms with Crippen LogP contribution in [0.2, 0.25) is 0 Å². The van der Waals surface area contributed by atoms with Crippen molar-refractivity contribution in [3.8, 4) is 0 Å². The molecule has 1 saturated heterocycles. The first-order valence-electron chi connectivity index (χ1n) is 8.04. The summed E-state index contributed by atoms with van der Waals surface area (Å²) in [4.78, 5) is 14.8. The quantitative estimate of drug-likeness (QED) is 0.747. The molecule has 0 aromatic carbocycles. The lowest BCUT2D eigenvalue weighted by molar-refractivity contribution is -0.122. The summed E-state index contributed by atoms with van der Waals surface area (Å²) in [7, 11) is 0. The number of hydrogen-bond donors (Lipinski definition) is 0. The van der Waals surface area contributed by atoms with Crippen molar-refractivity contribution in [2.45, 2.75) is 76.8 Å². The van der Waals surface area contributed by atoms with Gasteiger partial charge in [0.1, 0.15) is 5.78 Å². The first-order valence-corrected chi connectivity index (χ1v) is 8.04. The zero-order chi connectivity index (χ0) is 12.5. The van der Waals surface area contributed by atoms with E-state index in [1.807, 2.05) is 0 Å². The Hall–Kier alpha value is -0.370. The number of likely N-dealkylation sites (tertiary alicyclic amines) is 1. The second-order valence-corrected chi connectivity index (χ2v) is 6.84. The van der Waals surface area contributed by atoms with Gasteiger partial charge in [0.05, 0.1) is 0 Å². The van der Waals surface area contributed by atoms with E-state index in [1.165, 1.54) is 51.5 Å². The van der Waals surface area contributed by atoms with Crippen LogP contribution in [0, 0.1) is 11.8 Å². The molecule has 4 unspecified atom stereocenters. The van der Waals surface area contributed by atoms with Gasteiger partial charge in [-0.05, 0) is 51.0 Å². The molecule has 1 aliphatic heterocycles. The van der Waals surface area contributed by atoms with Crippen LogP contribution in [-0.4, -0.2) is 29.3 Å². The molecule has 0 amide bonds. The molecular formula is C16H27NO. The fourth-order valence-electron chi connectivity index (χ4n) is 4.65. The minimum absolute atomic E-state index is 0.393. The maximum atomic E-state index is 12.0. The summed E-state index contributed by atoms with van der Waals surface area (Å²) >= 11 is 0. The number of carbonyl (C=O) groups excluding carboxylic acids is 1. The van der Waals surface area contributed by atoms with Crippen LogP contribution in [0.3, 0.4) is 0 Å². The Morgan fingerprint density at radius 3 is 2.67 bits per heavy atom. The fraction of sp³-hybridized carbons (Fsp3) is 0.938. The van der Waals surface area contributed by atoms with Crippen molar-refractivity contribution >= 4 is 5.78 Å². The van der Waals surface area contributed by atoms with Gasteiger partial charge in [-0.1, -0.05) is 19.8 Å². The Kier molecular flexibility index (Phi) is 3.74. The smallest absolute Gasteiger partial charge is 0.137 e. The molecule has 0 spiro atoms. The SMILES string of the molecule is CC1CCCC(N2CCCC2C2CCCC2=O)C1. The lowest BCUT2D eigenvalue weighted by atomic mass is 9.84. The van der Waals surface area contributed by atoms with Gasteiger partial charge in [-0.15, -0.1) is 0 Å². The highest BCUT2D eigenvalue weighted by Gasteiger charge is 2.41. The Bertz CT molecular complexity index is 314. The zero-order valence-electron chi connectivity index (χ0n) is 11.7. The van der Waals surface area contributed by atoms with Gasteiger partial charge in [0.2, 0.25) is 0 Å². The molecule has 0 N–H and O–H groups in total. The summed E-state index contributed by atoms with van der Waals surface area (Å²) in [5.74, 6) is 1.85. The van der Waals surface area contributed by atoms with Crippen molar-refractivity contribution < 1.29 is 4.79 Å². The molecule has 2 heteroatoms. The topological polar surface area (TPSA) is 20.3 Å². The normalized spacial score (nSPS) is 42.6. The minimum Gasteiger partial charge on any atom is -0.299 e. The van der Waals surface area contributed by atoms with Gasteiger partial charge in [0.25, 0.3) is 0 Å². The van der Waals surface area contributed by atoms with Gasteiger partial charge >= 0.3 is 0 Å². The summed E-state index contributed by atoms with van der Waals surface area (Å²) in [5, 5.41) is 0. The molecule has 0 bridgehead atoms. The van der Waals surface area contributed by atoms with Crippen LogP contribution < -0.4 is 0 Å². The number of carbonyl (C=O) groups is 1. The minimum atomic E-state index is 0.393. The number of hydrogen-bond acceptors (Lipinski definition) is 2. The first-order chi connectivity index (χ1) is 8.75. The zero-order valence-corrected chi connectivity index (χ0v) is 11.7. The van der Waals surface area contributed by atoms with E-state index in [4.69, 9.17) is 0 Å². The van der Waals surface area contributed by atoms with Crippen LogP contribution in [0.15, 0.2) is 0 Å². The Labute approximate surface area is 111 Å². The lowest BCUT2D eigenvalue weighted by Crippen LogP contribution is -2.45. The second-order valence-electron chi connectivity index (χ2n) is 6.84. The molecule has 0 aromatic heterocycles. The molecule has 2 saturated carbocycles. The van der Waals surface area contributed by atoms with Gasteiger partial charge in [-0.2, -0.15) is 0 Å². The summed E-state index contributed by atoms with van der Waals surface area (Å²) < 4.78 is 0. The van der Waals surface area contributed by atoms with Crippen LogP contribution in [0.4, 0.5) is 0 Å². The molecule has 0 aromatic rings. The molecule has 2 aliphatic carbocycles. The van der Waals surface area contributed by atoms with Gasteiger partial charge in [0.15, 0.2) is 0 Å². The third-order valence-corrected chi connectivity index (χ3v) is 5.54. The summed E-state index contributed by atoms with van der Waals surface area (Å²) in [6.07, 6.45) is 11.3. The van der Waals surface area contributed by atoms with Gasteiger partial charge < -0.3 is 0 Å². The fourth-order valence-corrected chi connectivity index (χ4v) is 4.65. The van der Waals surface area contributed by atoms with Crippen LogP contribution in [0.5, 0.6) is 0 Å². The van der Waals surface area contributed by atoms with E-state index < -0.39 is 0 Å². The highest BCUT2D eigenvalue weighted by molar-refractivity contribution is 5.83. The summed E-state index contributed by atoms with van der Waals surface area (Å²) in [6.45, 7) is 3.66. The molecule has 0 radical (unpaired) electrons. The molecule has 3 aliphatic rings. The Morgan fingerprint density at radius 1 is 1.06 bits per heavy atom. The van der Waals surface area contributed by atoms with Crippen LogP contribution >= 0.6 is 0 Å². The van der Waals surface area contributed by atoms with E-state index in [2.05, 4.69) is 11.8 Å². The molecule has 3 fully saturated rings. The maximum absolute atomic E-state index is 12.0. The van der Waals surface area contributed by atoms with E-state index in [0.29, 0.717) is 17.7 Å². The molecule has 4 atom stereocenters. The number of ketones is 1. The van der Waals surface area contributed by atoms with Gasteiger partial charge in [0, 0.05) is 24.4 Å². The first kappa shape index (κ1) is 12.7. The van der Waals surface area contributed by atoms with Crippen LogP contribution in [-0.2, 0) is 4.79 Å². The average Bonchev–Trinajstić information content (AvgIpc) is 2.96. The third kappa shape index (κ3) is 2.36. The molecule has 102 valence electrons. The highest BCUT2D eigenvalue weighted by Crippen LogP contribution is 2.38. The van der Waals surface area contributed by atoms with Crippen molar-refractivity contribution in [3.63, 3.8) is 0 Å². The molecule has 2 nitrogen and oxygen atoms in total. The van der Waals surface area contributed by atoms with Crippen molar-refractivity contribution in [1.82, 2.24) is 4.90 Å². The summed E-state index contributed by atoms with van der Waals surface area (Å²) in [6, 6.07) is 1.39. The van der Waals surface area contributed by atoms with Gasteiger partial charge in [-0.3, -0.25) is 9.69 Å². The predicted molar refractivity (Wildman–Crippen MR) is 73.5 cm³/mol. The van der Waals surface area contributed by atoms with E-state index >= 15 is 0 Å². The molecule has 3 rings (SSSR count). The van der Waals surface area contributed by atoms with E-state index in [9.17, 15) is 4.79 Å². The van der Waals surface area contributed by atoms with Crippen LogP contribution in [0.1, 0.15) is 64.7 Å². The summed E-state index contributed by atoms with van der Waals surface area (Å²) in [5.41, 5.74) is 0. The Morgan fingerprint density at radius 2 is 1.94 bits per heavy atom. The van der Waals surface area contributed by atoms with Crippen molar-refractivity contribution in [3.05, 3.63) is 0 Å². The van der Waals surface area contributed by atoms with Crippen molar-refractivity contribution in [2.75, 3.05) is 6.54 Å². The average molecular weight is 249 g/mol. The molecule has 1 heterocycles. The van der Waals surface area contributed by atoms with E-state index in [1.54, 1.807) is 0 Å². The Balaban J connectivity index is 1.68. The number of nitrogens with zero attached hydrogens (tertiary/aromatic N) is 1. The standard InChI is InChI=1S/C16H27NO/c1-12-5-2-6-13(11-12)17-10-4-8-15(17)14-7-3-9-16(14)18/h12-15H,2-11H2,1H3.